The summed E-state index contributed by atoms with van der Waals surface area (Å²) in [5.41, 5.74) is 2.88. The molecule has 5 nitrogen and oxygen atoms in total. The lowest BCUT2D eigenvalue weighted by Crippen LogP contribution is -2.22. The molecule has 0 aliphatic rings. The Labute approximate surface area is 148 Å². The minimum absolute atomic E-state index is 0.0175. The maximum absolute atomic E-state index is 10.9. The zero-order valence-corrected chi connectivity index (χ0v) is 14.6. The summed E-state index contributed by atoms with van der Waals surface area (Å²) < 4.78 is 11.0. The van der Waals surface area contributed by atoms with Crippen LogP contribution in [0.4, 0.5) is 0 Å². The highest BCUT2D eigenvalue weighted by atomic mass is 16.5. The van der Waals surface area contributed by atoms with E-state index >= 15 is 0 Å². The third-order valence-corrected chi connectivity index (χ3v) is 3.75. The molecule has 0 aliphatic carbocycles. The maximum Gasteiger partial charge on any atom is 0.216 e. The van der Waals surface area contributed by atoms with Crippen molar-refractivity contribution in [3.63, 3.8) is 0 Å². The fourth-order valence-electron chi connectivity index (χ4n) is 2.48. The van der Waals surface area contributed by atoms with Crippen molar-refractivity contribution in [3.8, 4) is 11.5 Å². The van der Waals surface area contributed by atoms with Crippen molar-refractivity contribution < 1.29 is 19.1 Å². The topological polar surface area (TPSA) is 64.6 Å². The van der Waals surface area contributed by atoms with Crippen molar-refractivity contribution in [2.75, 3.05) is 20.3 Å². The standard InChI is InChI=1S/C20H23NO4/c1-15(23)21-10-8-16-4-3-5-17(12-16)9-11-25-20-13-18(14-22)6-7-19(20)24-2/h3-7,12-14H,8-11H2,1-2H3,(H,21,23). The van der Waals surface area contributed by atoms with E-state index < -0.39 is 0 Å². The Morgan fingerprint density at radius 2 is 1.84 bits per heavy atom. The molecule has 1 amide bonds. The molecule has 5 heteroatoms. The average Bonchev–Trinajstić information content (AvgIpc) is 2.61. The molecule has 0 bridgehead atoms. The lowest BCUT2D eigenvalue weighted by molar-refractivity contribution is -0.118. The van der Waals surface area contributed by atoms with Crippen molar-refractivity contribution in [2.24, 2.45) is 0 Å². The molecule has 1 N–H and O–H groups in total. The van der Waals surface area contributed by atoms with Gasteiger partial charge in [0.1, 0.15) is 6.29 Å². The lowest BCUT2D eigenvalue weighted by atomic mass is 10.1. The number of rotatable bonds is 9. The minimum atomic E-state index is -0.0175. The second-order valence-electron chi connectivity index (χ2n) is 5.68. The Hall–Kier alpha value is -2.82. The summed E-state index contributed by atoms with van der Waals surface area (Å²) in [6.45, 7) is 2.63. The monoisotopic (exact) mass is 341 g/mol. The molecule has 0 unspecified atom stereocenters. The summed E-state index contributed by atoms with van der Waals surface area (Å²) >= 11 is 0. The number of benzene rings is 2. The van der Waals surface area contributed by atoms with Gasteiger partial charge in [0, 0.05) is 25.5 Å². The first-order valence-corrected chi connectivity index (χ1v) is 8.20. The van der Waals surface area contributed by atoms with Gasteiger partial charge in [-0.05, 0) is 35.7 Å². The molecule has 0 spiro atoms. The number of carbonyl (C=O) groups excluding carboxylic acids is 2. The van der Waals surface area contributed by atoms with Crippen LogP contribution in [0.15, 0.2) is 42.5 Å². The molecule has 2 aromatic rings. The van der Waals surface area contributed by atoms with Gasteiger partial charge in [-0.1, -0.05) is 24.3 Å². The highest BCUT2D eigenvalue weighted by molar-refractivity contribution is 5.76. The summed E-state index contributed by atoms with van der Waals surface area (Å²) in [6, 6.07) is 13.3. The van der Waals surface area contributed by atoms with Crippen LogP contribution in [0.3, 0.4) is 0 Å². The molecule has 2 aromatic carbocycles. The highest BCUT2D eigenvalue weighted by Gasteiger charge is 2.06. The predicted molar refractivity (Wildman–Crippen MR) is 96.4 cm³/mol. The Morgan fingerprint density at radius 3 is 2.52 bits per heavy atom. The SMILES string of the molecule is COc1ccc(C=O)cc1OCCc1cccc(CCNC(C)=O)c1. The van der Waals surface area contributed by atoms with Crippen LogP contribution in [0.5, 0.6) is 11.5 Å². The number of hydrogen-bond donors (Lipinski definition) is 1. The Morgan fingerprint density at radius 1 is 1.08 bits per heavy atom. The first-order chi connectivity index (χ1) is 12.1. The molecular weight excluding hydrogens is 318 g/mol. The third kappa shape index (κ3) is 5.95. The first kappa shape index (κ1) is 18.5. The van der Waals surface area contributed by atoms with Crippen LogP contribution in [-0.2, 0) is 17.6 Å². The number of carbonyl (C=O) groups is 2. The molecule has 0 aromatic heterocycles. The van der Waals surface area contributed by atoms with E-state index in [1.165, 1.54) is 12.5 Å². The molecular formula is C20H23NO4. The number of methoxy groups -OCH3 is 1. The van der Waals surface area contributed by atoms with Gasteiger partial charge in [-0.3, -0.25) is 9.59 Å². The number of ether oxygens (including phenoxy) is 2. The summed E-state index contributed by atoms with van der Waals surface area (Å²) in [5.74, 6) is 1.15. The Kier molecular flexibility index (Phi) is 7.01. The molecule has 2 rings (SSSR count). The second-order valence-corrected chi connectivity index (χ2v) is 5.68. The van der Waals surface area contributed by atoms with Gasteiger partial charge in [0.25, 0.3) is 0 Å². The van der Waals surface area contributed by atoms with Gasteiger partial charge in [-0.2, -0.15) is 0 Å². The van der Waals surface area contributed by atoms with Gasteiger partial charge in [0.2, 0.25) is 5.91 Å². The molecule has 0 fully saturated rings. The van der Waals surface area contributed by atoms with Crippen LogP contribution in [0.25, 0.3) is 0 Å². The number of nitrogens with one attached hydrogen (secondary N) is 1. The summed E-state index contributed by atoms with van der Waals surface area (Å²) in [5, 5.41) is 2.80. The van der Waals surface area contributed by atoms with Crippen LogP contribution in [0, 0.1) is 0 Å². The van der Waals surface area contributed by atoms with Gasteiger partial charge in [-0.25, -0.2) is 0 Å². The van der Waals surface area contributed by atoms with Gasteiger partial charge in [0.05, 0.1) is 13.7 Å². The zero-order chi connectivity index (χ0) is 18.1. The van der Waals surface area contributed by atoms with Crippen LogP contribution < -0.4 is 14.8 Å². The number of hydrogen-bond acceptors (Lipinski definition) is 4. The third-order valence-electron chi connectivity index (χ3n) is 3.75. The Balaban J connectivity index is 1.91. The molecule has 0 saturated carbocycles. The Bertz CT molecular complexity index is 727. The van der Waals surface area contributed by atoms with E-state index in [1.54, 1.807) is 25.3 Å². The van der Waals surface area contributed by atoms with Crippen molar-refractivity contribution in [2.45, 2.75) is 19.8 Å². The van der Waals surface area contributed by atoms with Crippen LogP contribution >= 0.6 is 0 Å². The zero-order valence-electron chi connectivity index (χ0n) is 14.6. The van der Waals surface area contributed by atoms with Gasteiger partial charge < -0.3 is 14.8 Å². The lowest BCUT2D eigenvalue weighted by Gasteiger charge is -2.11. The second kappa shape index (κ2) is 9.47. The fourth-order valence-corrected chi connectivity index (χ4v) is 2.48. The van der Waals surface area contributed by atoms with E-state index in [-0.39, 0.29) is 5.91 Å². The molecule has 132 valence electrons. The summed E-state index contributed by atoms with van der Waals surface area (Å²) in [6.07, 6.45) is 2.32. The van der Waals surface area contributed by atoms with E-state index in [0.717, 1.165) is 24.7 Å². The normalized spacial score (nSPS) is 10.2. The van der Waals surface area contributed by atoms with Crippen molar-refractivity contribution >= 4 is 12.2 Å². The van der Waals surface area contributed by atoms with E-state index in [0.29, 0.717) is 30.2 Å². The highest BCUT2D eigenvalue weighted by Crippen LogP contribution is 2.27. The largest absolute Gasteiger partial charge is 0.493 e. The van der Waals surface area contributed by atoms with Gasteiger partial charge in [-0.15, -0.1) is 0 Å². The molecule has 25 heavy (non-hydrogen) atoms. The van der Waals surface area contributed by atoms with Gasteiger partial charge >= 0.3 is 0 Å². The van der Waals surface area contributed by atoms with Crippen LogP contribution in [0.2, 0.25) is 0 Å². The molecule has 0 aliphatic heterocycles. The van der Waals surface area contributed by atoms with E-state index in [2.05, 4.69) is 11.4 Å². The van der Waals surface area contributed by atoms with E-state index in [4.69, 9.17) is 9.47 Å². The molecule has 0 saturated heterocycles. The summed E-state index contributed by atoms with van der Waals surface area (Å²) in [4.78, 5) is 21.8. The average molecular weight is 341 g/mol. The quantitative estimate of drug-likeness (QED) is 0.712. The van der Waals surface area contributed by atoms with Gasteiger partial charge in [0.15, 0.2) is 11.5 Å². The van der Waals surface area contributed by atoms with Crippen LogP contribution in [-0.4, -0.2) is 32.5 Å². The van der Waals surface area contributed by atoms with E-state index in [9.17, 15) is 9.59 Å². The smallest absolute Gasteiger partial charge is 0.216 e. The first-order valence-electron chi connectivity index (χ1n) is 8.20. The van der Waals surface area contributed by atoms with Crippen LogP contribution in [0.1, 0.15) is 28.4 Å². The van der Waals surface area contributed by atoms with E-state index in [1.807, 2.05) is 18.2 Å². The van der Waals surface area contributed by atoms with Crippen molar-refractivity contribution in [3.05, 3.63) is 59.2 Å². The predicted octanol–water partition coefficient (Wildman–Crippen LogP) is 2.81. The molecule has 0 heterocycles. The van der Waals surface area contributed by atoms with Crippen molar-refractivity contribution in [1.82, 2.24) is 5.32 Å². The fraction of sp³-hybridized carbons (Fsp3) is 0.300. The number of amides is 1. The van der Waals surface area contributed by atoms with Crippen molar-refractivity contribution in [1.29, 1.82) is 0 Å². The molecule has 0 atom stereocenters. The summed E-state index contributed by atoms with van der Waals surface area (Å²) in [7, 11) is 1.57. The molecule has 0 radical (unpaired) electrons. The number of aldehydes is 1. The maximum atomic E-state index is 10.9. The minimum Gasteiger partial charge on any atom is -0.493 e.